The van der Waals surface area contributed by atoms with Gasteiger partial charge in [0.15, 0.2) is 0 Å². The number of amides is 1. The molecule has 2 aromatic rings. The van der Waals surface area contributed by atoms with Crippen molar-refractivity contribution in [1.29, 1.82) is 0 Å². The maximum Gasteiger partial charge on any atom is 0.242 e. The van der Waals surface area contributed by atoms with Crippen molar-refractivity contribution >= 4 is 16.8 Å². The second-order valence-corrected chi connectivity index (χ2v) is 10.7. The third kappa shape index (κ3) is 3.52. The minimum atomic E-state index is 0.284. The molecule has 1 amide bonds. The number of aryl methyl sites for hydroxylation is 1. The number of methoxy groups -OCH3 is 1. The van der Waals surface area contributed by atoms with Gasteiger partial charge < -0.3 is 14.2 Å². The second-order valence-electron chi connectivity index (χ2n) is 10.7. The number of benzene rings is 1. The number of likely N-dealkylation sites (tertiary alicyclic amines) is 1. The minimum absolute atomic E-state index is 0.284. The molecule has 30 heavy (non-hydrogen) atoms. The largest absolute Gasteiger partial charge is 0.497 e. The maximum atomic E-state index is 13.5. The van der Waals surface area contributed by atoms with Crippen molar-refractivity contribution in [1.82, 2.24) is 9.47 Å². The Balaban J connectivity index is 1.46. The van der Waals surface area contributed by atoms with Crippen molar-refractivity contribution in [3.05, 3.63) is 29.5 Å². The highest BCUT2D eigenvalue weighted by molar-refractivity contribution is 5.89. The normalized spacial score (nSPS) is 25.6. The van der Waals surface area contributed by atoms with E-state index in [1.807, 2.05) is 0 Å². The van der Waals surface area contributed by atoms with Crippen LogP contribution in [0, 0.1) is 17.3 Å². The molecule has 2 atom stereocenters. The monoisotopic (exact) mass is 408 g/mol. The molecule has 4 nitrogen and oxygen atoms in total. The summed E-state index contributed by atoms with van der Waals surface area (Å²) in [6.45, 7) is 7.09. The summed E-state index contributed by atoms with van der Waals surface area (Å²) < 4.78 is 7.84. The molecule has 2 heterocycles. The Morgan fingerprint density at radius 3 is 2.77 bits per heavy atom. The number of aromatic nitrogens is 1. The van der Waals surface area contributed by atoms with Gasteiger partial charge in [-0.3, -0.25) is 4.79 Å². The summed E-state index contributed by atoms with van der Waals surface area (Å²) in [6.07, 6.45) is 9.94. The number of ether oxygens (including phenoxy) is 1. The molecule has 2 fully saturated rings. The van der Waals surface area contributed by atoms with E-state index < -0.39 is 0 Å². The molecule has 1 saturated carbocycles. The van der Waals surface area contributed by atoms with Crippen molar-refractivity contribution in [3.63, 3.8) is 0 Å². The Kier molecular flexibility index (Phi) is 5.07. The fraction of sp³-hybridized carbons (Fsp3) is 0.654. The van der Waals surface area contributed by atoms with E-state index in [0.29, 0.717) is 12.5 Å². The summed E-state index contributed by atoms with van der Waals surface area (Å²) in [5.41, 5.74) is 4.27. The van der Waals surface area contributed by atoms with E-state index in [-0.39, 0.29) is 5.41 Å². The molecule has 1 aliphatic heterocycles. The molecule has 4 heteroatoms. The van der Waals surface area contributed by atoms with Gasteiger partial charge >= 0.3 is 0 Å². The number of hydrogen-bond acceptors (Lipinski definition) is 2. The van der Waals surface area contributed by atoms with Crippen LogP contribution in [0.1, 0.15) is 63.6 Å². The number of carbonyl (C=O) groups excluding carboxylic acids is 1. The van der Waals surface area contributed by atoms with Crippen LogP contribution >= 0.6 is 0 Å². The zero-order valence-corrected chi connectivity index (χ0v) is 18.9. The highest BCUT2D eigenvalue weighted by Crippen LogP contribution is 2.41. The number of rotatable bonds is 3. The lowest BCUT2D eigenvalue weighted by Gasteiger charge is -2.41. The van der Waals surface area contributed by atoms with Crippen LogP contribution in [0.3, 0.4) is 0 Å². The molecule has 0 N–H and O–H groups in total. The maximum absolute atomic E-state index is 13.5. The predicted molar refractivity (Wildman–Crippen MR) is 121 cm³/mol. The van der Waals surface area contributed by atoms with Gasteiger partial charge in [-0.1, -0.05) is 33.1 Å². The summed E-state index contributed by atoms with van der Waals surface area (Å²) in [5.74, 6) is 2.75. The summed E-state index contributed by atoms with van der Waals surface area (Å²) >= 11 is 0. The van der Waals surface area contributed by atoms with Crippen LogP contribution in [0.15, 0.2) is 18.2 Å². The van der Waals surface area contributed by atoms with Gasteiger partial charge in [0.1, 0.15) is 12.3 Å². The molecule has 162 valence electrons. The van der Waals surface area contributed by atoms with Crippen molar-refractivity contribution < 1.29 is 9.53 Å². The van der Waals surface area contributed by atoms with E-state index in [4.69, 9.17) is 4.74 Å². The van der Waals surface area contributed by atoms with Gasteiger partial charge in [-0.05, 0) is 67.1 Å². The molecule has 1 aromatic heterocycles. The first-order chi connectivity index (χ1) is 14.4. The van der Waals surface area contributed by atoms with E-state index >= 15 is 0 Å². The third-order valence-electron chi connectivity index (χ3n) is 8.13. The molecule has 0 unspecified atom stereocenters. The number of fused-ring (bicyclic) bond motifs is 4. The molecule has 1 aromatic carbocycles. The van der Waals surface area contributed by atoms with Crippen LogP contribution < -0.4 is 4.74 Å². The van der Waals surface area contributed by atoms with Gasteiger partial charge in [0.2, 0.25) is 5.91 Å². The SMILES string of the molecule is COc1ccc2c3c(n(CC(=O)N4CC[C@H]5CCCC[C@H]5C4)c2c1)CC(C)(C)CC3. The molecule has 2 aliphatic carbocycles. The van der Waals surface area contributed by atoms with Gasteiger partial charge in [-0.25, -0.2) is 0 Å². The van der Waals surface area contributed by atoms with Crippen molar-refractivity contribution in [2.75, 3.05) is 20.2 Å². The van der Waals surface area contributed by atoms with Crippen LogP contribution in [0.4, 0.5) is 0 Å². The summed E-state index contributed by atoms with van der Waals surface area (Å²) in [7, 11) is 1.72. The quantitative estimate of drug-likeness (QED) is 0.699. The number of carbonyl (C=O) groups is 1. The highest BCUT2D eigenvalue weighted by Gasteiger charge is 2.34. The highest BCUT2D eigenvalue weighted by atomic mass is 16.5. The summed E-state index contributed by atoms with van der Waals surface area (Å²) in [6, 6.07) is 6.38. The lowest BCUT2D eigenvalue weighted by atomic mass is 9.75. The first-order valence-corrected chi connectivity index (χ1v) is 11.9. The Labute approximate surface area is 180 Å². The molecule has 3 aliphatic rings. The Bertz CT molecular complexity index is 958. The van der Waals surface area contributed by atoms with Crippen molar-refractivity contribution in [2.45, 2.75) is 71.8 Å². The Morgan fingerprint density at radius 2 is 1.97 bits per heavy atom. The van der Waals surface area contributed by atoms with E-state index in [0.717, 1.165) is 49.0 Å². The molecular formula is C26H36N2O2. The number of nitrogens with zero attached hydrogens (tertiary/aromatic N) is 2. The van der Waals surface area contributed by atoms with Crippen molar-refractivity contribution in [3.8, 4) is 5.75 Å². The van der Waals surface area contributed by atoms with Crippen LogP contribution in [-0.4, -0.2) is 35.6 Å². The lowest BCUT2D eigenvalue weighted by molar-refractivity contribution is -0.134. The zero-order chi connectivity index (χ0) is 20.9. The fourth-order valence-electron chi connectivity index (χ4n) is 6.31. The van der Waals surface area contributed by atoms with Gasteiger partial charge in [0, 0.05) is 30.2 Å². The van der Waals surface area contributed by atoms with E-state index in [9.17, 15) is 4.79 Å². The van der Waals surface area contributed by atoms with Crippen LogP contribution in [0.5, 0.6) is 5.75 Å². The Morgan fingerprint density at radius 1 is 1.17 bits per heavy atom. The minimum Gasteiger partial charge on any atom is -0.497 e. The molecule has 5 rings (SSSR count). The van der Waals surface area contributed by atoms with Gasteiger partial charge in [0.25, 0.3) is 0 Å². The first-order valence-electron chi connectivity index (χ1n) is 11.9. The molecule has 0 radical (unpaired) electrons. The molecule has 0 spiro atoms. The summed E-state index contributed by atoms with van der Waals surface area (Å²) in [4.78, 5) is 15.6. The van der Waals surface area contributed by atoms with Crippen LogP contribution in [0.25, 0.3) is 10.9 Å². The van der Waals surface area contributed by atoms with E-state index in [1.165, 1.54) is 55.2 Å². The van der Waals surface area contributed by atoms with Gasteiger partial charge in [-0.15, -0.1) is 0 Å². The predicted octanol–water partition coefficient (Wildman–Crippen LogP) is 5.20. The molecule has 1 saturated heterocycles. The third-order valence-corrected chi connectivity index (χ3v) is 8.13. The van der Waals surface area contributed by atoms with E-state index in [1.54, 1.807) is 7.11 Å². The molecular weight excluding hydrogens is 372 g/mol. The standard InChI is InChI=1S/C26H36N2O2/c1-26(2)12-10-22-21-9-8-20(30-3)14-23(21)28(24(22)15-26)17-25(29)27-13-11-18-6-4-5-7-19(18)16-27/h8-9,14,18-19H,4-7,10-13,15-17H2,1-3H3/t18-,19+/m1/s1. The molecule has 0 bridgehead atoms. The number of hydrogen-bond donors (Lipinski definition) is 0. The Hall–Kier alpha value is -1.97. The van der Waals surface area contributed by atoms with Gasteiger partial charge in [0.05, 0.1) is 12.6 Å². The van der Waals surface area contributed by atoms with Gasteiger partial charge in [-0.2, -0.15) is 0 Å². The topological polar surface area (TPSA) is 34.5 Å². The zero-order valence-electron chi connectivity index (χ0n) is 18.9. The second kappa shape index (κ2) is 7.62. The average molecular weight is 409 g/mol. The van der Waals surface area contributed by atoms with Crippen LogP contribution in [0.2, 0.25) is 0 Å². The fourth-order valence-corrected chi connectivity index (χ4v) is 6.31. The first kappa shape index (κ1) is 20.0. The van der Waals surface area contributed by atoms with E-state index in [2.05, 4.69) is 41.5 Å². The summed E-state index contributed by atoms with van der Waals surface area (Å²) in [5, 5.41) is 1.31. The smallest absolute Gasteiger partial charge is 0.242 e. The number of piperidine rings is 1. The lowest BCUT2D eigenvalue weighted by Crippen LogP contribution is -2.46. The van der Waals surface area contributed by atoms with Crippen molar-refractivity contribution in [2.24, 2.45) is 17.3 Å². The average Bonchev–Trinajstić information content (AvgIpc) is 3.04. The van der Waals surface area contributed by atoms with Crippen LogP contribution in [-0.2, 0) is 24.2 Å².